The maximum Gasteiger partial charge on any atom is 0.313 e. The molecule has 1 aromatic rings. The van der Waals surface area contributed by atoms with Crippen LogP contribution in [-0.2, 0) is 9.53 Å². The van der Waals surface area contributed by atoms with Crippen LogP contribution in [0.4, 0.5) is 5.69 Å². The smallest absolute Gasteiger partial charge is 0.313 e. The van der Waals surface area contributed by atoms with E-state index in [0.717, 1.165) is 0 Å². The molecule has 4 N–H and O–H groups in total. The average Bonchev–Trinajstić information content (AvgIpc) is 2.72. The molecular weight excluding hydrogens is 284 g/mol. The molecule has 1 heterocycles. The largest absolute Gasteiger partial charge is 0.481 e. The topological polar surface area (TPSA) is 102 Å². The van der Waals surface area contributed by atoms with Gasteiger partial charge in [0.05, 0.1) is 24.8 Å². The van der Waals surface area contributed by atoms with E-state index in [1.54, 1.807) is 19.1 Å². The summed E-state index contributed by atoms with van der Waals surface area (Å²) < 4.78 is 5.24. The number of halogens is 1. The molecule has 1 aliphatic rings. The molecular formula is C13H15ClN2O4. The second-order valence-corrected chi connectivity index (χ2v) is 5.43. The van der Waals surface area contributed by atoms with E-state index < -0.39 is 23.3 Å². The summed E-state index contributed by atoms with van der Waals surface area (Å²) in [5.74, 6) is -1.57. The van der Waals surface area contributed by atoms with Crippen LogP contribution in [-0.4, -0.2) is 36.2 Å². The van der Waals surface area contributed by atoms with E-state index in [4.69, 9.17) is 22.1 Å². The lowest BCUT2D eigenvalue weighted by Crippen LogP contribution is -2.43. The molecule has 1 aromatic carbocycles. The number of carboxylic acid groups (broad SMARTS) is 1. The minimum atomic E-state index is -1.07. The summed E-state index contributed by atoms with van der Waals surface area (Å²) in [4.78, 5) is 22.8. The van der Waals surface area contributed by atoms with Gasteiger partial charge in [0.1, 0.15) is 5.41 Å². The molecule has 2 rings (SSSR count). The fourth-order valence-corrected chi connectivity index (χ4v) is 2.30. The van der Waals surface area contributed by atoms with Crippen LogP contribution in [0.1, 0.15) is 17.3 Å². The van der Waals surface area contributed by atoms with Crippen molar-refractivity contribution in [3.63, 3.8) is 0 Å². The van der Waals surface area contributed by atoms with Gasteiger partial charge in [0.2, 0.25) is 0 Å². The van der Waals surface area contributed by atoms with Crippen molar-refractivity contribution < 1.29 is 19.4 Å². The lowest BCUT2D eigenvalue weighted by Gasteiger charge is -2.27. The summed E-state index contributed by atoms with van der Waals surface area (Å²) >= 11 is 5.90. The molecule has 1 aliphatic heterocycles. The van der Waals surface area contributed by atoms with E-state index in [-0.39, 0.29) is 18.8 Å². The van der Waals surface area contributed by atoms with Crippen LogP contribution < -0.4 is 11.1 Å². The van der Waals surface area contributed by atoms with E-state index in [0.29, 0.717) is 10.7 Å². The summed E-state index contributed by atoms with van der Waals surface area (Å²) in [7, 11) is 0. The third kappa shape index (κ3) is 2.57. The van der Waals surface area contributed by atoms with Crippen molar-refractivity contribution in [2.24, 2.45) is 11.1 Å². The molecule has 0 bridgehead atoms. The number of carbonyl (C=O) groups excluding carboxylic acids is 1. The van der Waals surface area contributed by atoms with Gasteiger partial charge in [0, 0.05) is 10.7 Å². The van der Waals surface area contributed by atoms with Gasteiger partial charge >= 0.3 is 5.97 Å². The van der Waals surface area contributed by atoms with Crippen molar-refractivity contribution in [2.45, 2.75) is 13.0 Å². The van der Waals surface area contributed by atoms with Crippen LogP contribution >= 0.6 is 11.6 Å². The molecule has 0 aliphatic carbocycles. The van der Waals surface area contributed by atoms with Crippen molar-refractivity contribution >= 4 is 29.2 Å². The van der Waals surface area contributed by atoms with Crippen molar-refractivity contribution in [3.8, 4) is 0 Å². The normalized spacial score (nSPS) is 25.4. The summed E-state index contributed by atoms with van der Waals surface area (Å²) in [5, 5.41) is 12.8. The Hall–Kier alpha value is -1.79. The Kier molecular flexibility index (Phi) is 3.87. The number of carboxylic acids is 1. The van der Waals surface area contributed by atoms with Crippen molar-refractivity contribution in [1.82, 2.24) is 0 Å². The van der Waals surface area contributed by atoms with E-state index >= 15 is 0 Å². The maximum absolute atomic E-state index is 11.4. The van der Waals surface area contributed by atoms with Crippen LogP contribution in [0.15, 0.2) is 18.2 Å². The van der Waals surface area contributed by atoms with Gasteiger partial charge in [-0.3, -0.25) is 9.59 Å². The summed E-state index contributed by atoms with van der Waals surface area (Å²) in [5.41, 5.74) is 4.89. The van der Waals surface area contributed by atoms with Gasteiger partial charge in [0.25, 0.3) is 5.91 Å². The number of ether oxygens (including phenoxy) is 1. The number of primary amides is 1. The number of amides is 1. The van der Waals surface area contributed by atoms with Crippen LogP contribution in [0.3, 0.4) is 0 Å². The fourth-order valence-electron chi connectivity index (χ4n) is 2.12. The first-order valence-electron chi connectivity index (χ1n) is 6.01. The highest BCUT2D eigenvalue weighted by Crippen LogP contribution is 2.32. The molecule has 0 saturated carbocycles. The van der Waals surface area contributed by atoms with Crippen LogP contribution in [0.2, 0.25) is 5.02 Å². The zero-order chi connectivity index (χ0) is 14.9. The highest BCUT2D eigenvalue weighted by atomic mass is 35.5. The Morgan fingerprint density at radius 2 is 2.25 bits per heavy atom. The van der Waals surface area contributed by atoms with Gasteiger partial charge in [-0.2, -0.15) is 0 Å². The summed E-state index contributed by atoms with van der Waals surface area (Å²) in [6, 6.07) is 4.12. The second-order valence-electron chi connectivity index (χ2n) is 4.99. The number of hydrogen-bond acceptors (Lipinski definition) is 4. The lowest BCUT2D eigenvalue weighted by molar-refractivity contribution is -0.148. The number of benzene rings is 1. The molecule has 1 saturated heterocycles. The van der Waals surface area contributed by atoms with Gasteiger partial charge < -0.3 is 20.9 Å². The molecule has 1 amide bonds. The standard InChI is InChI=1S/C13H15ClN2O4/c1-13(12(18)19)6-20-5-10(13)16-9-4-7(14)2-3-8(9)11(15)17/h2-4,10,16H,5-6H2,1H3,(H2,15,17)(H,18,19). The predicted octanol–water partition coefficient (Wildman–Crippen LogP) is 1.34. The van der Waals surface area contributed by atoms with Crippen LogP contribution in [0.5, 0.6) is 0 Å². The SMILES string of the molecule is CC1(C(=O)O)COCC1Nc1cc(Cl)ccc1C(N)=O. The van der Waals surface area contributed by atoms with E-state index in [9.17, 15) is 14.7 Å². The number of aliphatic carboxylic acids is 1. The first kappa shape index (κ1) is 14.6. The van der Waals surface area contributed by atoms with Gasteiger partial charge in [-0.25, -0.2) is 0 Å². The lowest BCUT2D eigenvalue weighted by atomic mass is 9.85. The Balaban J connectivity index is 2.32. The highest BCUT2D eigenvalue weighted by molar-refractivity contribution is 6.31. The Morgan fingerprint density at radius 1 is 1.55 bits per heavy atom. The summed E-state index contributed by atoms with van der Waals surface area (Å²) in [6.45, 7) is 1.93. The maximum atomic E-state index is 11.4. The molecule has 6 nitrogen and oxygen atoms in total. The van der Waals surface area contributed by atoms with Gasteiger partial charge in [-0.15, -0.1) is 0 Å². The van der Waals surface area contributed by atoms with Crippen molar-refractivity contribution in [3.05, 3.63) is 28.8 Å². The second kappa shape index (κ2) is 5.30. The van der Waals surface area contributed by atoms with E-state index in [1.807, 2.05) is 0 Å². The minimum Gasteiger partial charge on any atom is -0.481 e. The molecule has 0 aromatic heterocycles. The quantitative estimate of drug-likeness (QED) is 0.778. The number of carbonyl (C=O) groups is 2. The minimum absolute atomic E-state index is 0.104. The van der Waals surface area contributed by atoms with Crippen molar-refractivity contribution in [1.29, 1.82) is 0 Å². The van der Waals surface area contributed by atoms with Crippen LogP contribution in [0.25, 0.3) is 0 Å². The van der Waals surface area contributed by atoms with Crippen molar-refractivity contribution in [2.75, 3.05) is 18.5 Å². The fraction of sp³-hybridized carbons (Fsp3) is 0.385. The zero-order valence-electron chi connectivity index (χ0n) is 10.9. The average molecular weight is 299 g/mol. The van der Waals surface area contributed by atoms with E-state index in [2.05, 4.69) is 5.32 Å². The van der Waals surface area contributed by atoms with Gasteiger partial charge in [-0.05, 0) is 25.1 Å². The first-order valence-corrected chi connectivity index (χ1v) is 6.39. The molecule has 0 spiro atoms. The Labute approximate surface area is 120 Å². The summed E-state index contributed by atoms with van der Waals surface area (Å²) in [6.07, 6.45) is 0. The number of nitrogens with one attached hydrogen (secondary N) is 1. The Bertz CT molecular complexity index is 563. The number of anilines is 1. The molecule has 108 valence electrons. The third-order valence-electron chi connectivity index (χ3n) is 3.52. The van der Waals surface area contributed by atoms with Gasteiger partial charge in [0.15, 0.2) is 0 Å². The highest BCUT2D eigenvalue weighted by Gasteiger charge is 2.46. The molecule has 2 unspecified atom stereocenters. The van der Waals surface area contributed by atoms with E-state index in [1.165, 1.54) is 6.07 Å². The zero-order valence-corrected chi connectivity index (χ0v) is 11.6. The monoisotopic (exact) mass is 298 g/mol. The molecule has 0 radical (unpaired) electrons. The number of hydrogen-bond donors (Lipinski definition) is 3. The molecule has 20 heavy (non-hydrogen) atoms. The Morgan fingerprint density at radius 3 is 2.85 bits per heavy atom. The first-order chi connectivity index (χ1) is 9.34. The van der Waals surface area contributed by atoms with Crippen LogP contribution in [0, 0.1) is 5.41 Å². The molecule has 2 atom stereocenters. The predicted molar refractivity (Wildman–Crippen MR) is 73.9 cm³/mol. The molecule has 7 heteroatoms. The number of rotatable bonds is 4. The molecule has 1 fully saturated rings. The number of nitrogens with two attached hydrogens (primary N) is 1. The van der Waals surface area contributed by atoms with Gasteiger partial charge in [-0.1, -0.05) is 11.6 Å². The third-order valence-corrected chi connectivity index (χ3v) is 3.76.